The molecular formula is C11H9I4NS-2. The summed E-state index contributed by atoms with van der Waals surface area (Å²) in [6.45, 7) is 0. The third-order valence-corrected chi connectivity index (χ3v) is 7.34. The summed E-state index contributed by atoms with van der Waals surface area (Å²) in [5, 5.41) is 1.22. The fourth-order valence-electron chi connectivity index (χ4n) is 1.34. The van der Waals surface area contributed by atoms with Crippen molar-refractivity contribution in [2.75, 3.05) is 4.43 Å². The minimum Gasteiger partial charge on any atom is -1.00 e. The summed E-state index contributed by atoms with van der Waals surface area (Å²) in [7, 11) is 0. The number of rotatable bonds is 3. The average Bonchev–Trinajstić information content (AvgIpc) is 2.29. The Labute approximate surface area is 167 Å². The normalized spacial score (nSPS) is 11.4. The molecule has 0 radical (unpaired) electrons. The zero-order valence-corrected chi connectivity index (χ0v) is 18.1. The number of thioether (sulfide) groups is 1. The molecule has 0 amide bonds. The molecule has 94 valence electrons. The Morgan fingerprint density at radius 2 is 1.88 bits per heavy atom. The number of para-hydroxylation sites is 1. The summed E-state index contributed by atoms with van der Waals surface area (Å²) >= 11 is 6.77. The Morgan fingerprint density at radius 3 is 2.59 bits per heavy atom. The highest BCUT2D eigenvalue weighted by molar-refractivity contribution is 14.1. The second kappa shape index (κ2) is 9.75. The van der Waals surface area contributed by atoms with Gasteiger partial charge in [-0.15, -0.1) is 11.8 Å². The SMILES string of the molecule is ICC(I)Sc1cccc2cccnc12.[I-].[I-]. The minimum absolute atomic E-state index is 0. The predicted octanol–water partition coefficient (Wildman–Crippen LogP) is -1.47. The number of nitrogens with zero attached hydrogens (tertiary/aromatic N) is 1. The molecule has 1 heterocycles. The van der Waals surface area contributed by atoms with Crippen molar-refractivity contribution >= 4 is 67.8 Å². The molecule has 2 rings (SSSR count). The predicted molar refractivity (Wildman–Crippen MR) is 84.3 cm³/mol. The number of aromatic nitrogens is 1. The van der Waals surface area contributed by atoms with E-state index in [1.54, 1.807) is 0 Å². The third kappa shape index (κ3) is 5.42. The number of benzene rings is 1. The van der Waals surface area contributed by atoms with Gasteiger partial charge in [-0.1, -0.05) is 63.4 Å². The summed E-state index contributed by atoms with van der Waals surface area (Å²) < 4.78 is 1.75. The molecule has 1 atom stereocenters. The van der Waals surface area contributed by atoms with Crippen molar-refractivity contribution in [3.8, 4) is 0 Å². The van der Waals surface area contributed by atoms with E-state index >= 15 is 0 Å². The molecule has 17 heavy (non-hydrogen) atoms. The molecule has 1 unspecified atom stereocenters. The molecule has 0 aliphatic rings. The molecule has 0 aliphatic heterocycles. The Hall–Kier alpha value is 1.90. The lowest BCUT2D eigenvalue weighted by molar-refractivity contribution is -0.00100. The Balaban J connectivity index is 0.00000128. The third-order valence-electron chi connectivity index (χ3n) is 1.97. The van der Waals surface area contributed by atoms with Crippen molar-refractivity contribution in [2.45, 2.75) is 8.15 Å². The van der Waals surface area contributed by atoms with Crippen LogP contribution in [-0.4, -0.2) is 12.7 Å². The lowest BCUT2D eigenvalue weighted by Crippen LogP contribution is -3.00. The van der Waals surface area contributed by atoms with E-state index < -0.39 is 0 Å². The fourth-order valence-corrected chi connectivity index (χ4v) is 3.48. The van der Waals surface area contributed by atoms with Crippen LogP contribution in [0.2, 0.25) is 0 Å². The second-order valence-electron chi connectivity index (χ2n) is 3.01. The lowest BCUT2D eigenvalue weighted by Gasteiger charge is -2.07. The van der Waals surface area contributed by atoms with Gasteiger partial charge in [-0.3, -0.25) is 4.98 Å². The van der Waals surface area contributed by atoms with E-state index in [1.807, 2.05) is 24.0 Å². The van der Waals surface area contributed by atoms with Crippen LogP contribution in [0.4, 0.5) is 0 Å². The van der Waals surface area contributed by atoms with Gasteiger partial charge in [0.1, 0.15) is 0 Å². The molecule has 0 spiro atoms. The number of fused-ring (bicyclic) bond motifs is 1. The van der Waals surface area contributed by atoms with Gasteiger partial charge in [0.2, 0.25) is 0 Å². The Kier molecular flexibility index (Phi) is 10.8. The van der Waals surface area contributed by atoms with Gasteiger partial charge >= 0.3 is 0 Å². The first-order chi connectivity index (χ1) is 7.31. The second-order valence-corrected chi connectivity index (χ2v) is 7.49. The maximum Gasteiger partial charge on any atom is 0.0838 e. The standard InChI is InChI=1S/C11H9I2NS.2HI/c12-7-10(13)15-9-5-1-3-8-4-2-6-14-11(8)9;;/h1-6,10H,7H2;2*1H/p-2. The van der Waals surface area contributed by atoms with Crippen LogP contribution in [0, 0.1) is 0 Å². The molecular weight excluding hydrogens is 686 g/mol. The Morgan fingerprint density at radius 1 is 1.18 bits per heavy atom. The number of hydrogen-bond acceptors (Lipinski definition) is 2. The van der Waals surface area contributed by atoms with Crippen LogP contribution < -0.4 is 48.0 Å². The first-order valence-electron chi connectivity index (χ1n) is 4.51. The average molecular weight is 695 g/mol. The van der Waals surface area contributed by atoms with Gasteiger partial charge in [0, 0.05) is 20.9 Å². The maximum atomic E-state index is 4.44. The van der Waals surface area contributed by atoms with Crippen LogP contribution >= 0.6 is 56.9 Å². The first-order valence-corrected chi connectivity index (χ1v) is 8.17. The van der Waals surface area contributed by atoms with Crippen LogP contribution in [0.3, 0.4) is 0 Å². The van der Waals surface area contributed by atoms with E-state index in [1.165, 1.54) is 10.3 Å². The van der Waals surface area contributed by atoms with Gasteiger partial charge in [-0.2, -0.15) is 0 Å². The highest BCUT2D eigenvalue weighted by atomic mass is 127. The molecule has 0 bridgehead atoms. The van der Waals surface area contributed by atoms with Crippen molar-refractivity contribution in [2.24, 2.45) is 0 Å². The maximum absolute atomic E-state index is 4.44. The van der Waals surface area contributed by atoms with Gasteiger partial charge in [-0.25, -0.2) is 0 Å². The highest BCUT2D eigenvalue weighted by Crippen LogP contribution is 2.33. The highest BCUT2D eigenvalue weighted by Gasteiger charge is 2.07. The van der Waals surface area contributed by atoms with Crippen LogP contribution in [0.1, 0.15) is 0 Å². The van der Waals surface area contributed by atoms with Crippen molar-refractivity contribution in [1.29, 1.82) is 0 Å². The minimum atomic E-state index is 0. The first kappa shape index (κ1) is 18.9. The van der Waals surface area contributed by atoms with Crippen LogP contribution in [0.15, 0.2) is 41.4 Å². The lowest BCUT2D eigenvalue weighted by atomic mass is 10.2. The molecule has 0 N–H and O–H groups in total. The van der Waals surface area contributed by atoms with Crippen molar-refractivity contribution in [3.63, 3.8) is 0 Å². The monoisotopic (exact) mass is 695 g/mol. The van der Waals surface area contributed by atoms with E-state index in [0.29, 0.717) is 3.26 Å². The molecule has 1 aromatic heterocycles. The van der Waals surface area contributed by atoms with Crippen LogP contribution in [0.5, 0.6) is 0 Å². The molecule has 2 aromatic rings. The molecule has 0 fully saturated rings. The van der Waals surface area contributed by atoms with Crippen LogP contribution in [-0.2, 0) is 0 Å². The molecule has 6 heteroatoms. The Bertz CT molecular complexity index is 461. The molecule has 1 nitrogen and oxygen atoms in total. The van der Waals surface area contributed by atoms with Gasteiger partial charge in [0.15, 0.2) is 0 Å². The van der Waals surface area contributed by atoms with Crippen molar-refractivity contribution in [3.05, 3.63) is 36.5 Å². The van der Waals surface area contributed by atoms with Crippen molar-refractivity contribution in [1.82, 2.24) is 4.98 Å². The van der Waals surface area contributed by atoms with E-state index in [0.717, 1.165) is 9.94 Å². The van der Waals surface area contributed by atoms with E-state index in [9.17, 15) is 0 Å². The van der Waals surface area contributed by atoms with E-state index in [-0.39, 0.29) is 48.0 Å². The zero-order valence-electron chi connectivity index (χ0n) is 8.62. The number of pyridine rings is 1. The quantitative estimate of drug-likeness (QED) is 0.222. The number of alkyl halides is 2. The zero-order chi connectivity index (χ0) is 10.7. The summed E-state index contributed by atoms with van der Waals surface area (Å²) in [5.74, 6) is 0. The summed E-state index contributed by atoms with van der Waals surface area (Å²) in [6.07, 6.45) is 1.86. The number of halogens is 4. The van der Waals surface area contributed by atoms with Gasteiger partial charge in [0.25, 0.3) is 0 Å². The topological polar surface area (TPSA) is 12.9 Å². The van der Waals surface area contributed by atoms with Crippen molar-refractivity contribution < 1.29 is 48.0 Å². The van der Waals surface area contributed by atoms with E-state index in [4.69, 9.17) is 0 Å². The fraction of sp³-hybridized carbons (Fsp3) is 0.182. The summed E-state index contributed by atoms with van der Waals surface area (Å²) in [5.41, 5.74) is 1.12. The summed E-state index contributed by atoms with van der Waals surface area (Å²) in [6, 6.07) is 10.5. The molecule has 0 saturated carbocycles. The van der Waals surface area contributed by atoms with Gasteiger partial charge in [-0.05, 0) is 12.1 Å². The van der Waals surface area contributed by atoms with Gasteiger partial charge < -0.3 is 48.0 Å². The molecule has 0 aliphatic carbocycles. The summed E-state index contributed by atoms with van der Waals surface area (Å²) in [4.78, 5) is 5.72. The molecule has 0 saturated heterocycles. The van der Waals surface area contributed by atoms with Crippen LogP contribution in [0.25, 0.3) is 10.9 Å². The van der Waals surface area contributed by atoms with Gasteiger partial charge in [0.05, 0.1) is 8.77 Å². The largest absolute Gasteiger partial charge is 1.00 e. The van der Waals surface area contributed by atoms with E-state index in [2.05, 4.69) is 74.4 Å². The molecule has 1 aromatic carbocycles. The number of hydrogen-bond donors (Lipinski definition) is 0. The smallest absolute Gasteiger partial charge is 0.0838 e.